The lowest BCUT2D eigenvalue weighted by atomic mass is 10.2. The molecule has 2 aromatic rings. The van der Waals surface area contributed by atoms with Crippen molar-refractivity contribution in [1.82, 2.24) is 0 Å². The summed E-state index contributed by atoms with van der Waals surface area (Å²) in [5, 5.41) is 3.15. The second-order valence-electron chi connectivity index (χ2n) is 4.65. The van der Waals surface area contributed by atoms with E-state index in [0.717, 1.165) is 5.75 Å². The maximum Gasteiger partial charge on any atom is 0.227 e. The van der Waals surface area contributed by atoms with Gasteiger partial charge in [0.15, 0.2) is 0 Å². The molecule has 0 atom stereocenters. The molecular formula is C17H18ClNO4. The van der Waals surface area contributed by atoms with Crippen LogP contribution in [-0.2, 0) is 4.79 Å². The van der Waals surface area contributed by atoms with Gasteiger partial charge in [-0.05, 0) is 18.2 Å². The summed E-state index contributed by atoms with van der Waals surface area (Å²) in [4.78, 5) is 12.0. The molecule has 1 amide bonds. The molecule has 0 aliphatic carbocycles. The van der Waals surface area contributed by atoms with Gasteiger partial charge >= 0.3 is 0 Å². The fraction of sp³-hybridized carbons (Fsp3) is 0.235. The van der Waals surface area contributed by atoms with E-state index in [1.54, 1.807) is 12.1 Å². The smallest absolute Gasteiger partial charge is 0.227 e. The van der Waals surface area contributed by atoms with Gasteiger partial charge in [0.2, 0.25) is 5.91 Å². The number of halogens is 1. The summed E-state index contributed by atoms with van der Waals surface area (Å²) in [6.07, 6.45) is 0.210. The van der Waals surface area contributed by atoms with Crippen LogP contribution in [0, 0.1) is 0 Å². The Morgan fingerprint density at radius 2 is 1.78 bits per heavy atom. The maximum absolute atomic E-state index is 12.0. The number of hydrogen-bond donors (Lipinski definition) is 1. The van der Waals surface area contributed by atoms with Crippen LogP contribution in [0.15, 0.2) is 42.5 Å². The van der Waals surface area contributed by atoms with E-state index in [1.807, 2.05) is 30.3 Å². The predicted octanol–water partition coefficient (Wildman–Crippen LogP) is 3.76. The van der Waals surface area contributed by atoms with Crippen molar-refractivity contribution in [3.8, 4) is 17.2 Å². The molecule has 2 aromatic carbocycles. The first-order valence-electron chi connectivity index (χ1n) is 7.03. The van der Waals surface area contributed by atoms with E-state index in [1.165, 1.54) is 14.2 Å². The Labute approximate surface area is 140 Å². The number of nitrogens with one attached hydrogen (secondary N) is 1. The van der Waals surface area contributed by atoms with E-state index in [4.69, 9.17) is 25.8 Å². The van der Waals surface area contributed by atoms with E-state index < -0.39 is 0 Å². The minimum absolute atomic E-state index is 0.194. The Hall–Kier alpha value is -2.40. The van der Waals surface area contributed by atoms with Crippen LogP contribution >= 0.6 is 11.6 Å². The Morgan fingerprint density at radius 1 is 1.09 bits per heavy atom. The Bertz CT molecular complexity index is 661. The van der Waals surface area contributed by atoms with Crippen molar-refractivity contribution in [3.05, 3.63) is 47.5 Å². The molecule has 5 nitrogen and oxygen atoms in total. The van der Waals surface area contributed by atoms with Crippen LogP contribution in [0.5, 0.6) is 17.2 Å². The zero-order chi connectivity index (χ0) is 16.7. The highest BCUT2D eigenvalue weighted by molar-refractivity contribution is 6.32. The first kappa shape index (κ1) is 17.0. The summed E-state index contributed by atoms with van der Waals surface area (Å²) in [5.74, 6) is 1.49. The zero-order valence-electron chi connectivity index (χ0n) is 13.0. The number of methoxy groups -OCH3 is 2. The van der Waals surface area contributed by atoms with E-state index in [2.05, 4.69) is 5.32 Å². The molecule has 0 aliphatic rings. The molecule has 0 fully saturated rings. The molecule has 0 unspecified atom stereocenters. The third-order valence-corrected chi connectivity index (χ3v) is 3.38. The summed E-state index contributed by atoms with van der Waals surface area (Å²) in [7, 11) is 3.02. The Kier molecular flexibility index (Phi) is 6.11. The molecule has 0 aromatic heterocycles. The van der Waals surface area contributed by atoms with Crippen LogP contribution in [0.2, 0.25) is 5.02 Å². The highest BCUT2D eigenvalue weighted by atomic mass is 35.5. The minimum Gasteiger partial charge on any atom is -0.495 e. The van der Waals surface area contributed by atoms with Gasteiger partial charge in [-0.1, -0.05) is 29.8 Å². The molecule has 0 bridgehead atoms. The summed E-state index contributed by atoms with van der Waals surface area (Å²) >= 11 is 6.07. The number of carbonyl (C=O) groups excluding carboxylic acids is 1. The van der Waals surface area contributed by atoms with Gasteiger partial charge in [0.05, 0.1) is 38.0 Å². The highest BCUT2D eigenvalue weighted by Gasteiger charge is 2.12. The molecule has 0 saturated carbocycles. The standard InChI is InChI=1S/C17H18ClNO4/c1-21-15-11-16(22-2)14(10-13(15)18)19-17(20)8-9-23-12-6-4-3-5-7-12/h3-7,10-11H,8-9H2,1-2H3,(H,19,20). The summed E-state index contributed by atoms with van der Waals surface area (Å²) < 4.78 is 15.8. The monoisotopic (exact) mass is 335 g/mol. The third kappa shape index (κ3) is 4.79. The molecule has 0 aliphatic heterocycles. The first-order chi connectivity index (χ1) is 11.1. The Balaban J connectivity index is 1.93. The quantitative estimate of drug-likeness (QED) is 0.837. The number of carbonyl (C=O) groups is 1. The zero-order valence-corrected chi connectivity index (χ0v) is 13.7. The van der Waals surface area contributed by atoms with Crippen LogP contribution in [0.3, 0.4) is 0 Å². The number of para-hydroxylation sites is 1. The third-order valence-electron chi connectivity index (χ3n) is 3.09. The van der Waals surface area contributed by atoms with Crippen molar-refractivity contribution < 1.29 is 19.0 Å². The van der Waals surface area contributed by atoms with Gasteiger partial charge in [0, 0.05) is 6.07 Å². The predicted molar refractivity (Wildman–Crippen MR) is 89.7 cm³/mol. The van der Waals surface area contributed by atoms with E-state index >= 15 is 0 Å². The summed E-state index contributed by atoms with van der Waals surface area (Å²) in [6, 6.07) is 12.5. The molecule has 23 heavy (non-hydrogen) atoms. The van der Waals surface area contributed by atoms with Crippen molar-refractivity contribution >= 4 is 23.2 Å². The fourth-order valence-corrected chi connectivity index (χ4v) is 2.19. The van der Waals surface area contributed by atoms with Crippen LogP contribution in [0.4, 0.5) is 5.69 Å². The molecule has 2 rings (SSSR count). The molecule has 0 saturated heterocycles. The summed E-state index contributed by atoms with van der Waals surface area (Å²) in [6.45, 7) is 0.280. The molecule has 0 radical (unpaired) electrons. The minimum atomic E-state index is -0.194. The molecule has 122 valence electrons. The van der Waals surface area contributed by atoms with Crippen molar-refractivity contribution in [1.29, 1.82) is 0 Å². The van der Waals surface area contributed by atoms with Crippen molar-refractivity contribution in [3.63, 3.8) is 0 Å². The van der Waals surface area contributed by atoms with Gasteiger partial charge in [-0.3, -0.25) is 4.79 Å². The average molecular weight is 336 g/mol. The van der Waals surface area contributed by atoms with E-state index in [0.29, 0.717) is 22.2 Å². The number of ether oxygens (including phenoxy) is 3. The van der Waals surface area contributed by atoms with Crippen molar-refractivity contribution in [2.24, 2.45) is 0 Å². The van der Waals surface area contributed by atoms with Gasteiger partial charge < -0.3 is 19.5 Å². The largest absolute Gasteiger partial charge is 0.495 e. The maximum atomic E-state index is 12.0. The van der Waals surface area contributed by atoms with Gasteiger partial charge in [-0.25, -0.2) is 0 Å². The molecule has 0 spiro atoms. The number of hydrogen-bond acceptors (Lipinski definition) is 4. The molecule has 0 heterocycles. The fourth-order valence-electron chi connectivity index (χ4n) is 1.95. The first-order valence-corrected chi connectivity index (χ1v) is 7.41. The number of rotatable bonds is 7. The average Bonchev–Trinajstić information content (AvgIpc) is 2.56. The van der Waals surface area contributed by atoms with Gasteiger partial charge in [0.25, 0.3) is 0 Å². The SMILES string of the molecule is COc1cc(OC)c(NC(=O)CCOc2ccccc2)cc1Cl. The number of amides is 1. The Morgan fingerprint density at radius 3 is 2.43 bits per heavy atom. The lowest BCUT2D eigenvalue weighted by Gasteiger charge is -2.13. The lowest BCUT2D eigenvalue weighted by molar-refractivity contribution is -0.116. The van der Waals surface area contributed by atoms with Crippen molar-refractivity contribution in [2.75, 3.05) is 26.1 Å². The topological polar surface area (TPSA) is 56.8 Å². The lowest BCUT2D eigenvalue weighted by Crippen LogP contribution is -2.15. The number of benzene rings is 2. The van der Waals surface area contributed by atoms with E-state index in [-0.39, 0.29) is 18.9 Å². The van der Waals surface area contributed by atoms with Crippen molar-refractivity contribution in [2.45, 2.75) is 6.42 Å². The van der Waals surface area contributed by atoms with Gasteiger partial charge in [0.1, 0.15) is 17.2 Å². The van der Waals surface area contributed by atoms with Crippen LogP contribution in [-0.4, -0.2) is 26.7 Å². The highest BCUT2D eigenvalue weighted by Crippen LogP contribution is 2.35. The molecule has 1 N–H and O–H groups in total. The molecular weight excluding hydrogens is 318 g/mol. The number of anilines is 1. The van der Waals surface area contributed by atoms with Gasteiger partial charge in [-0.15, -0.1) is 0 Å². The van der Waals surface area contributed by atoms with Crippen LogP contribution < -0.4 is 19.5 Å². The van der Waals surface area contributed by atoms with Crippen LogP contribution in [0.25, 0.3) is 0 Å². The van der Waals surface area contributed by atoms with Gasteiger partial charge in [-0.2, -0.15) is 0 Å². The molecule has 6 heteroatoms. The second-order valence-corrected chi connectivity index (χ2v) is 5.05. The summed E-state index contributed by atoms with van der Waals surface area (Å²) in [5.41, 5.74) is 0.489. The normalized spacial score (nSPS) is 10.0. The second kappa shape index (κ2) is 8.29. The van der Waals surface area contributed by atoms with Crippen LogP contribution in [0.1, 0.15) is 6.42 Å². The van der Waals surface area contributed by atoms with E-state index in [9.17, 15) is 4.79 Å².